The third kappa shape index (κ3) is 2.83. The van der Waals surface area contributed by atoms with Gasteiger partial charge in [-0.25, -0.2) is 0 Å². The molecular weight excluding hydrogens is 156 g/mol. The maximum Gasteiger partial charge on any atom is 0.0876 e. The highest BCUT2D eigenvalue weighted by Crippen LogP contribution is 2.17. The van der Waals surface area contributed by atoms with Gasteiger partial charge in [0.2, 0.25) is 0 Å². The molecule has 0 aromatic rings. The first-order valence-electron chi connectivity index (χ1n) is 4.32. The minimum absolute atomic E-state index is 0.384. The van der Waals surface area contributed by atoms with E-state index in [-0.39, 0.29) is 6.10 Å². The number of hydrogen-bond donors (Lipinski definition) is 1. The average Bonchev–Trinajstić information content (AvgIpc) is 2.15. The summed E-state index contributed by atoms with van der Waals surface area (Å²) in [6.07, 6.45) is 3.92. The number of aliphatic hydroxyl groups is 1. The van der Waals surface area contributed by atoms with Gasteiger partial charge in [-0.05, 0) is 18.4 Å². The van der Waals surface area contributed by atoms with Gasteiger partial charge in [0.05, 0.1) is 19.0 Å². The first-order chi connectivity index (χ1) is 5.84. The van der Waals surface area contributed by atoms with Crippen LogP contribution in [0.1, 0.15) is 19.3 Å². The predicted molar refractivity (Wildman–Crippen MR) is 45.8 cm³/mol. The summed E-state index contributed by atoms with van der Waals surface area (Å²) < 4.78 is 10.00. The maximum absolute atomic E-state index is 9.58. The van der Waals surface area contributed by atoms with Crippen molar-refractivity contribution in [2.75, 3.05) is 20.3 Å². The van der Waals surface area contributed by atoms with E-state index in [0.717, 1.165) is 25.0 Å². The van der Waals surface area contributed by atoms with Crippen LogP contribution in [-0.2, 0) is 9.47 Å². The van der Waals surface area contributed by atoms with E-state index in [1.165, 1.54) is 0 Å². The number of methoxy groups -OCH3 is 1. The van der Waals surface area contributed by atoms with Gasteiger partial charge in [0.15, 0.2) is 0 Å². The molecule has 0 fully saturated rings. The van der Waals surface area contributed by atoms with Gasteiger partial charge in [0.25, 0.3) is 0 Å². The van der Waals surface area contributed by atoms with E-state index in [2.05, 4.69) is 0 Å². The van der Waals surface area contributed by atoms with Crippen LogP contribution < -0.4 is 0 Å². The molecule has 0 saturated heterocycles. The number of aliphatic hydroxyl groups excluding tert-OH is 1. The predicted octanol–water partition coefficient (Wildman–Crippen LogP) is 1.08. The largest absolute Gasteiger partial charge is 0.501 e. The van der Waals surface area contributed by atoms with Crippen LogP contribution in [0.3, 0.4) is 0 Å². The molecule has 0 spiro atoms. The van der Waals surface area contributed by atoms with E-state index in [9.17, 15) is 5.11 Å². The van der Waals surface area contributed by atoms with Crippen LogP contribution in [0.5, 0.6) is 0 Å². The molecule has 1 atom stereocenters. The molecule has 1 heterocycles. The lowest BCUT2D eigenvalue weighted by Gasteiger charge is -2.18. The fourth-order valence-corrected chi connectivity index (χ4v) is 1.24. The molecular formula is C9H16O3. The van der Waals surface area contributed by atoms with Gasteiger partial charge in [-0.2, -0.15) is 0 Å². The lowest BCUT2D eigenvalue weighted by atomic mass is 10.0. The summed E-state index contributed by atoms with van der Waals surface area (Å²) in [5.74, 6) is 0. The van der Waals surface area contributed by atoms with Crippen LogP contribution in [0.25, 0.3) is 0 Å². The Balaban J connectivity index is 2.29. The smallest absolute Gasteiger partial charge is 0.0876 e. The molecule has 12 heavy (non-hydrogen) atoms. The molecule has 1 N–H and O–H groups in total. The van der Waals surface area contributed by atoms with Crippen molar-refractivity contribution in [2.45, 2.75) is 25.4 Å². The van der Waals surface area contributed by atoms with Crippen molar-refractivity contribution in [3.63, 3.8) is 0 Å². The monoisotopic (exact) mass is 172 g/mol. The SMILES string of the molecule is COCCC(O)C1=COCCC1. The van der Waals surface area contributed by atoms with Crippen LogP contribution in [0.2, 0.25) is 0 Å². The van der Waals surface area contributed by atoms with E-state index in [1.807, 2.05) is 0 Å². The summed E-state index contributed by atoms with van der Waals surface area (Å²) >= 11 is 0. The Morgan fingerprint density at radius 1 is 1.75 bits per heavy atom. The first-order valence-corrected chi connectivity index (χ1v) is 4.32. The Labute approximate surface area is 73.0 Å². The van der Waals surface area contributed by atoms with Crippen molar-refractivity contribution in [1.82, 2.24) is 0 Å². The van der Waals surface area contributed by atoms with E-state index in [4.69, 9.17) is 9.47 Å². The van der Waals surface area contributed by atoms with Crippen molar-refractivity contribution in [3.05, 3.63) is 11.8 Å². The fraction of sp³-hybridized carbons (Fsp3) is 0.778. The number of hydrogen-bond acceptors (Lipinski definition) is 3. The molecule has 0 radical (unpaired) electrons. The van der Waals surface area contributed by atoms with Gasteiger partial charge in [0.1, 0.15) is 0 Å². The molecule has 3 nitrogen and oxygen atoms in total. The zero-order valence-electron chi connectivity index (χ0n) is 7.45. The van der Waals surface area contributed by atoms with Gasteiger partial charge in [-0.1, -0.05) is 0 Å². The summed E-state index contributed by atoms with van der Waals surface area (Å²) in [7, 11) is 1.64. The zero-order chi connectivity index (χ0) is 8.81. The number of ether oxygens (including phenoxy) is 2. The Hall–Kier alpha value is -0.540. The molecule has 0 bridgehead atoms. The van der Waals surface area contributed by atoms with Crippen molar-refractivity contribution in [3.8, 4) is 0 Å². The second-order valence-corrected chi connectivity index (χ2v) is 2.96. The van der Waals surface area contributed by atoms with E-state index < -0.39 is 0 Å². The molecule has 3 heteroatoms. The second kappa shape index (κ2) is 5.17. The molecule has 1 unspecified atom stereocenters. The van der Waals surface area contributed by atoms with Crippen LogP contribution in [0.4, 0.5) is 0 Å². The minimum Gasteiger partial charge on any atom is -0.501 e. The highest BCUT2D eigenvalue weighted by molar-refractivity contribution is 5.06. The van der Waals surface area contributed by atoms with E-state index >= 15 is 0 Å². The highest BCUT2D eigenvalue weighted by Gasteiger charge is 2.13. The Morgan fingerprint density at radius 2 is 2.58 bits per heavy atom. The standard InChI is InChI=1S/C9H16O3/c1-11-6-4-9(10)8-3-2-5-12-7-8/h7,9-10H,2-6H2,1H3. The van der Waals surface area contributed by atoms with Crippen LogP contribution in [0, 0.1) is 0 Å². The van der Waals surface area contributed by atoms with Crippen molar-refractivity contribution >= 4 is 0 Å². The third-order valence-corrected chi connectivity index (χ3v) is 1.99. The normalized spacial score (nSPS) is 19.7. The van der Waals surface area contributed by atoms with Gasteiger partial charge >= 0.3 is 0 Å². The second-order valence-electron chi connectivity index (χ2n) is 2.96. The van der Waals surface area contributed by atoms with E-state index in [0.29, 0.717) is 13.0 Å². The topological polar surface area (TPSA) is 38.7 Å². The van der Waals surface area contributed by atoms with Crippen molar-refractivity contribution < 1.29 is 14.6 Å². The lowest BCUT2D eigenvalue weighted by molar-refractivity contribution is 0.118. The minimum atomic E-state index is -0.384. The van der Waals surface area contributed by atoms with Crippen molar-refractivity contribution in [2.24, 2.45) is 0 Å². The molecule has 70 valence electrons. The molecule has 1 aliphatic rings. The fourth-order valence-electron chi connectivity index (χ4n) is 1.24. The summed E-state index contributed by atoms with van der Waals surface area (Å²) in [6, 6.07) is 0. The molecule has 1 rings (SSSR count). The van der Waals surface area contributed by atoms with Gasteiger partial charge < -0.3 is 14.6 Å². The summed E-state index contributed by atoms with van der Waals surface area (Å²) in [5.41, 5.74) is 0.998. The summed E-state index contributed by atoms with van der Waals surface area (Å²) in [5, 5.41) is 9.58. The van der Waals surface area contributed by atoms with Crippen molar-refractivity contribution in [1.29, 1.82) is 0 Å². The lowest BCUT2D eigenvalue weighted by Crippen LogP contribution is -2.16. The molecule has 0 amide bonds. The highest BCUT2D eigenvalue weighted by atomic mass is 16.5. The number of rotatable bonds is 4. The van der Waals surface area contributed by atoms with Gasteiger partial charge in [0, 0.05) is 20.1 Å². The van der Waals surface area contributed by atoms with Crippen LogP contribution in [0.15, 0.2) is 11.8 Å². The molecule has 0 aliphatic carbocycles. The van der Waals surface area contributed by atoms with Crippen LogP contribution >= 0.6 is 0 Å². The molecule has 0 aromatic heterocycles. The average molecular weight is 172 g/mol. The Bertz CT molecular complexity index is 154. The summed E-state index contributed by atoms with van der Waals surface area (Å²) in [4.78, 5) is 0. The third-order valence-electron chi connectivity index (χ3n) is 1.99. The van der Waals surface area contributed by atoms with Gasteiger partial charge in [-0.3, -0.25) is 0 Å². The van der Waals surface area contributed by atoms with Crippen LogP contribution in [-0.4, -0.2) is 31.5 Å². The zero-order valence-corrected chi connectivity index (χ0v) is 7.45. The molecule has 0 saturated carbocycles. The summed E-state index contributed by atoms with van der Waals surface area (Å²) in [6.45, 7) is 1.37. The molecule has 1 aliphatic heterocycles. The molecule has 0 aromatic carbocycles. The first kappa shape index (κ1) is 9.55. The Kier molecular flexibility index (Phi) is 4.11. The van der Waals surface area contributed by atoms with Gasteiger partial charge in [-0.15, -0.1) is 0 Å². The Morgan fingerprint density at radius 3 is 3.17 bits per heavy atom. The van der Waals surface area contributed by atoms with E-state index in [1.54, 1.807) is 13.4 Å². The quantitative estimate of drug-likeness (QED) is 0.689. The maximum atomic E-state index is 9.58.